The third-order valence-electron chi connectivity index (χ3n) is 7.14. The molecule has 2 aliphatic heterocycles. The van der Waals surface area contributed by atoms with Gasteiger partial charge in [0.15, 0.2) is 0 Å². The van der Waals surface area contributed by atoms with E-state index in [2.05, 4.69) is 32.7 Å². The predicted octanol–water partition coefficient (Wildman–Crippen LogP) is 4.57. The first kappa shape index (κ1) is 27.0. The molecular weight excluding hydrogens is 485 g/mol. The molecule has 0 atom stereocenters. The van der Waals surface area contributed by atoms with Crippen LogP contribution in [0, 0.1) is 6.92 Å². The van der Waals surface area contributed by atoms with E-state index in [4.69, 9.17) is 0 Å². The van der Waals surface area contributed by atoms with Gasteiger partial charge in [-0.3, -0.25) is 4.68 Å². The van der Waals surface area contributed by atoms with E-state index in [1.807, 2.05) is 17.8 Å². The van der Waals surface area contributed by atoms with Crippen LogP contribution >= 0.6 is 0 Å². The zero-order valence-corrected chi connectivity index (χ0v) is 21.8. The van der Waals surface area contributed by atoms with Crippen LogP contribution in [0.3, 0.4) is 0 Å². The second kappa shape index (κ2) is 11.6. The quantitative estimate of drug-likeness (QED) is 0.495. The van der Waals surface area contributed by atoms with Gasteiger partial charge in [0.05, 0.1) is 28.7 Å². The minimum atomic E-state index is -4.54. The highest BCUT2D eigenvalue weighted by atomic mass is 19.4. The summed E-state index contributed by atoms with van der Waals surface area (Å²) in [7, 11) is 3.88. The monoisotopic (exact) mass is 522 g/mol. The molecule has 2 aromatic rings. The Morgan fingerprint density at radius 1 is 1.08 bits per heavy atom. The summed E-state index contributed by atoms with van der Waals surface area (Å²) >= 11 is 0. The summed E-state index contributed by atoms with van der Waals surface area (Å²) < 4.78 is 43.0. The minimum absolute atomic E-state index is 0.0277. The number of piperidine rings is 1. The zero-order chi connectivity index (χ0) is 26.6. The van der Waals surface area contributed by atoms with E-state index in [9.17, 15) is 18.0 Å². The second-order valence-electron chi connectivity index (χ2n) is 10.1. The summed E-state index contributed by atoms with van der Waals surface area (Å²) in [6.07, 6.45) is 2.65. The van der Waals surface area contributed by atoms with Gasteiger partial charge in [-0.05, 0) is 59.2 Å². The lowest BCUT2D eigenvalue weighted by Crippen LogP contribution is -2.40. The van der Waals surface area contributed by atoms with Crippen LogP contribution in [-0.2, 0) is 6.18 Å². The lowest BCUT2D eigenvalue weighted by molar-refractivity contribution is -0.137. The van der Waals surface area contributed by atoms with Crippen molar-refractivity contribution >= 4 is 23.2 Å². The van der Waals surface area contributed by atoms with Crippen molar-refractivity contribution in [1.82, 2.24) is 29.5 Å². The summed E-state index contributed by atoms with van der Waals surface area (Å²) in [4.78, 5) is 22.2. The number of hydrogen-bond acceptors (Lipinski definition) is 6. The molecule has 0 bridgehead atoms. The molecule has 0 saturated carbocycles. The summed E-state index contributed by atoms with van der Waals surface area (Å²) in [5.74, 6) is 0.311. The minimum Gasteiger partial charge on any atom is -0.384 e. The molecule has 0 aliphatic carbocycles. The average Bonchev–Trinajstić information content (AvgIpc) is 3.13. The maximum absolute atomic E-state index is 13.7. The fourth-order valence-corrected chi connectivity index (χ4v) is 4.87. The maximum Gasteiger partial charge on any atom is 0.419 e. The van der Waals surface area contributed by atoms with Crippen molar-refractivity contribution in [2.24, 2.45) is 0 Å². The highest BCUT2D eigenvalue weighted by molar-refractivity contribution is 5.74. The van der Waals surface area contributed by atoms with E-state index in [1.54, 1.807) is 16.8 Å². The van der Waals surface area contributed by atoms with Crippen LogP contribution < -0.4 is 10.6 Å². The lowest BCUT2D eigenvalue weighted by Gasteiger charge is -2.28. The van der Waals surface area contributed by atoms with Crippen molar-refractivity contribution in [1.29, 1.82) is 0 Å². The van der Waals surface area contributed by atoms with Crippen molar-refractivity contribution in [2.75, 3.05) is 64.0 Å². The Kier molecular flexibility index (Phi) is 8.46. The number of nitrogens with one attached hydrogen (secondary N) is 2. The Bertz CT molecular complexity index is 1060. The molecule has 2 N–H and O–H groups in total. The van der Waals surface area contributed by atoms with Crippen LogP contribution in [0.15, 0.2) is 18.5 Å². The third-order valence-corrected chi connectivity index (χ3v) is 7.14. The Balaban J connectivity index is 1.41. The Morgan fingerprint density at radius 3 is 2.54 bits per heavy atom. The molecule has 0 radical (unpaired) electrons. The van der Waals surface area contributed by atoms with Crippen LogP contribution in [0.25, 0.3) is 0 Å². The van der Waals surface area contributed by atoms with Gasteiger partial charge in [0.2, 0.25) is 0 Å². The predicted molar refractivity (Wildman–Crippen MR) is 137 cm³/mol. The Morgan fingerprint density at radius 2 is 1.81 bits per heavy atom. The lowest BCUT2D eigenvalue weighted by atomic mass is 10.1. The van der Waals surface area contributed by atoms with Crippen molar-refractivity contribution < 1.29 is 18.0 Å². The van der Waals surface area contributed by atoms with Crippen LogP contribution in [0.5, 0.6) is 0 Å². The molecule has 37 heavy (non-hydrogen) atoms. The van der Waals surface area contributed by atoms with E-state index in [0.717, 1.165) is 62.9 Å². The molecule has 4 rings (SSSR count). The van der Waals surface area contributed by atoms with Crippen LogP contribution in [-0.4, -0.2) is 88.9 Å². The van der Waals surface area contributed by atoms with E-state index >= 15 is 0 Å². The number of anilines is 3. The molecule has 4 heterocycles. The molecule has 2 aromatic heterocycles. The van der Waals surface area contributed by atoms with Gasteiger partial charge in [0.1, 0.15) is 5.82 Å². The largest absolute Gasteiger partial charge is 0.419 e. The molecule has 2 amide bonds. The summed E-state index contributed by atoms with van der Waals surface area (Å²) in [6, 6.07) is 1.67. The first-order valence-corrected chi connectivity index (χ1v) is 12.9. The summed E-state index contributed by atoms with van der Waals surface area (Å²) in [5, 5.41) is 10.7. The fourth-order valence-electron chi connectivity index (χ4n) is 4.87. The molecule has 2 fully saturated rings. The van der Waals surface area contributed by atoms with Gasteiger partial charge in [-0.1, -0.05) is 0 Å². The summed E-state index contributed by atoms with van der Waals surface area (Å²) in [6.45, 7) is 6.07. The van der Waals surface area contributed by atoms with Gasteiger partial charge in [-0.15, -0.1) is 0 Å². The fraction of sp³-hybridized carbons (Fsp3) is 0.640. The highest BCUT2D eigenvalue weighted by Crippen LogP contribution is 2.36. The molecule has 12 heteroatoms. The molecule has 2 saturated heterocycles. The summed E-state index contributed by atoms with van der Waals surface area (Å²) in [5.41, 5.74) is 0.634. The molecule has 204 valence electrons. The van der Waals surface area contributed by atoms with Gasteiger partial charge in [0.25, 0.3) is 0 Å². The van der Waals surface area contributed by atoms with E-state index in [0.29, 0.717) is 37.9 Å². The first-order valence-electron chi connectivity index (χ1n) is 12.9. The van der Waals surface area contributed by atoms with Crippen molar-refractivity contribution in [3.05, 3.63) is 29.7 Å². The number of alkyl halides is 3. The van der Waals surface area contributed by atoms with Crippen molar-refractivity contribution in [3.63, 3.8) is 0 Å². The molecule has 2 aliphatic rings. The number of nitrogens with zero attached hydrogens (tertiary/aromatic N) is 6. The van der Waals surface area contributed by atoms with Gasteiger partial charge < -0.3 is 25.3 Å². The standard InChI is InChI=1S/C25H37F3N8O/c1-18-22(17-36(32-18)19-7-13-33(2)14-8-19)31-23-15-21(20(16-30-23)25(26,27)28)29-9-6-12-35-11-5-4-10-34(3)24(35)37/h15-17,19H,4-14H2,1-3H3,(H2,29,30,31). The Hall–Kier alpha value is -3.02. The molecular formula is C25H37F3N8O. The number of halogens is 3. The highest BCUT2D eigenvalue weighted by Gasteiger charge is 2.34. The molecule has 0 spiro atoms. The van der Waals surface area contributed by atoms with Crippen LogP contribution in [0.4, 0.5) is 35.2 Å². The van der Waals surface area contributed by atoms with Crippen LogP contribution in [0.2, 0.25) is 0 Å². The second-order valence-corrected chi connectivity index (χ2v) is 10.1. The number of aryl methyl sites for hydroxylation is 1. The number of amides is 2. The number of urea groups is 1. The molecule has 0 aromatic carbocycles. The SMILES string of the molecule is Cc1nn(C2CCN(C)CC2)cc1Nc1cc(NCCCN2CCCCN(C)C2=O)c(C(F)(F)F)cn1. The van der Waals surface area contributed by atoms with Crippen molar-refractivity contribution in [2.45, 2.75) is 51.2 Å². The average molecular weight is 523 g/mol. The van der Waals surface area contributed by atoms with Gasteiger partial charge in [0, 0.05) is 51.7 Å². The van der Waals surface area contributed by atoms with Crippen LogP contribution in [0.1, 0.15) is 49.4 Å². The molecule has 0 unspecified atom stereocenters. The first-order chi connectivity index (χ1) is 17.6. The number of carbonyl (C=O) groups excluding carboxylic acids is 1. The number of carbonyl (C=O) groups is 1. The third kappa shape index (κ3) is 6.85. The maximum atomic E-state index is 13.7. The Labute approximate surface area is 216 Å². The zero-order valence-electron chi connectivity index (χ0n) is 21.8. The van der Waals surface area contributed by atoms with E-state index in [1.165, 1.54) is 6.07 Å². The van der Waals surface area contributed by atoms with E-state index < -0.39 is 11.7 Å². The normalized spacial score (nSPS) is 18.3. The topological polar surface area (TPSA) is 81.6 Å². The molecule has 9 nitrogen and oxygen atoms in total. The van der Waals surface area contributed by atoms with Gasteiger partial charge in [-0.2, -0.15) is 18.3 Å². The number of hydrogen-bond donors (Lipinski definition) is 2. The smallest absolute Gasteiger partial charge is 0.384 e. The van der Waals surface area contributed by atoms with E-state index in [-0.39, 0.29) is 11.7 Å². The van der Waals surface area contributed by atoms with Crippen molar-refractivity contribution in [3.8, 4) is 0 Å². The van der Waals surface area contributed by atoms with Gasteiger partial charge >= 0.3 is 12.2 Å². The number of likely N-dealkylation sites (tertiary alicyclic amines) is 1. The van der Waals surface area contributed by atoms with Gasteiger partial charge in [-0.25, -0.2) is 9.78 Å². The number of pyridine rings is 1. The number of rotatable bonds is 8. The number of aromatic nitrogens is 3.